The quantitative estimate of drug-likeness (QED) is 0.545. The number of nitrogens with one attached hydrogen (secondary N) is 1. The van der Waals surface area contributed by atoms with E-state index in [2.05, 4.69) is 26.2 Å². The predicted octanol–water partition coefficient (Wildman–Crippen LogP) is 5.00. The number of nitrogens with zero attached hydrogens (tertiary/aromatic N) is 1. The van der Waals surface area contributed by atoms with Gasteiger partial charge in [0.05, 0.1) is 23.9 Å². The van der Waals surface area contributed by atoms with Crippen molar-refractivity contribution in [3.63, 3.8) is 0 Å². The molecule has 30 heavy (non-hydrogen) atoms. The largest absolute Gasteiger partial charge is 0.495 e. The highest BCUT2D eigenvalue weighted by molar-refractivity contribution is 9.10. The number of carbonyl (C=O) groups excluding carboxylic acids is 1. The molecule has 1 aromatic heterocycles. The fraction of sp³-hybridized carbons (Fsp3) is 0.273. The monoisotopic (exact) mass is 490 g/mol. The maximum absolute atomic E-state index is 13.0. The van der Waals surface area contributed by atoms with Crippen LogP contribution in [0.1, 0.15) is 23.2 Å². The van der Waals surface area contributed by atoms with Gasteiger partial charge in [-0.25, -0.2) is 4.99 Å². The number of halogens is 2. The molecule has 1 atom stereocenters. The van der Waals surface area contributed by atoms with Crippen LogP contribution in [0.5, 0.6) is 5.75 Å². The summed E-state index contributed by atoms with van der Waals surface area (Å²) in [5.74, 6) is 0.278. The van der Waals surface area contributed by atoms with Crippen LogP contribution >= 0.6 is 27.5 Å². The summed E-state index contributed by atoms with van der Waals surface area (Å²) in [6, 6.07) is 12.5. The molecule has 6 nitrogen and oxygen atoms in total. The molecule has 2 heterocycles. The van der Waals surface area contributed by atoms with Crippen LogP contribution in [0.4, 0.5) is 5.69 Å². The summed E-state index contributed by atoms with van der Waals surface area (Å²) in [5, 5.41) is 4.15. The minimum atomic E-state index is -0.269. The van der Waals surface area contributed by atoms with E-state index in [9.17, 15) is 4.79 Å². The standard InChI is InChI=1S/C22H20BrClN2O4/c1-28-20-7-5-15(11-18(20)24)26-22-17(21(27)25-12-16-3-2-8-29-16)10-13-9-14(23)4-6-19(13)30-22/h4-7,9-11,16H,2-3,8,12H2,1H3,(H,25,27)/t16-/m1/s1. The first-order chi connectivity index (χ1) is 14.5. The van der Waals surface area contributed by atoms with Crippen LogP contribution in [0.25, 0.3) is 11.0 Å². The van der Waals surface area contributed by atoms with Gasteiger partial charge in [-0.05, 0) is 55.3 Å². The molecule has 0 spiro atoms. The zero-order valence-electron chi connectivity index (χ0n) is 16.3. The molecule has 0 radical (unpaired) electrons. The van der Waals surface area contributed by atoms with E-state index >= 15 is 0 Å². The number of amides is 1. The van der Waals surface area contributed by atoms with Crippen molar-refractivity contribution in [3.05, 3.63) is 63.1 Å². The normalized spacial score (nSPS) is 16.8. The van der Waals surface area contributed by atoms with Gasteiger partial charge in [0.15, 0.2) is 0 Å². The van der Waals surface area contributed by atoms with Crippen molar-refractivity contribution in [2.75, 3.05) is 20.3 Å². The van der Waals surface area contributed by atoms with Crippen LogP contribution in [0.3, 0.4) is 0 Å². The second kappa shape index (κ2) is 9.20. The molecule has 0 aliphatic carbocycles. The lowest BCUT2D eigenvalue weighted by atomic mass is 10.1. The molecule has 1 N–H and O–H groups in total. The van der Waals surface area contributed by atoms with Gasteiger partial charge >= 0.3 is 0 Å². The summed E-state index contributed by atoms with van der Waals surface area (Å²) in [4.78, 5) is 17.5. The molecule has 156 valence electrons. The molecule has 1 aliphatic rings. The second-order valence-corrected chi connectivity index (χ2v) is 8.25. The van der Waals surface area contributed by atoms with E-state index in [4.69, 9.17) is 25.5 Å². The predicted molar refractivity (Wildman–Crippen MR) is 118 cm³/mol. The molecular formula is C22H20BrClN2O4. The number of hydrogen-bond donors (Lipinski definition) is 1. The van der Waals surface area contributed by atoms with Gasteiger partial charge in [-0.1, -0.05) is 27.5 Å². The fourth-order valence-corrected chi connectivity index (χ4v) is 3.93. The Morgan fingerprint density at radius 3 is 2.90 bits per heavy atom. The summed E-state index contributed by atoms with van der Waals surface area (Å²) >= 11 is 9.67. The molecule has 0 saturated carbocycles. The number of ether oxygens (including phenoxy) is 2. The lowest BCUT2D eigenvalue weighted by molar-refractivity contribution is 0.0854. The Morgan fingerprint density at radius 2 is 2.17 bits per heavy atom. The van der Waals surface area contributed by atoms with Crippen LogP contribution in [-0.4, -0.2) is 32.3 Å². The Morgan fingerprint density at radius 1 is 1.30 bits per heavy atom. The van der Waals surface area contributed by atoms with Crippen molar-refractivity contribution in [3.8, 4) is 5.75 Å². The van der Waals surface area contributed by atoms with E-state index in [-0.39, 0.29) is 17.6 Å². The summed E-state index contributed by atoms with van der Waals surface area (Å²) in [5.41, 5.74) is 1.71. The van der Waals surface area contributed by atoms with Crippen molar-refractivity contribution >= 4 is 50.1 Å². The Bertz CT molecular complexity index is 1160. The average molecular weight is 492 g/mol. The molecule has 8 heteroatoms. The molecule has 0 unspecified atom stereocenters. The Balaban J connectivity index is 1.75. The smallest absolute Gasteiger partial charge is 0.256 e. The topological polar surface area (TPSA) is 73.1 Å². The van der Waals surface area contributed by atoms with Gasteiger partial charge in [-0.3, -0.25) is 4.79 Å². The molecule has 1 saturated heterocycles. The molecule has 3 aromatic rings. The molecule has 4 rings (SSSR count). The van der Waals surface area contributed by atoms with Gasteiger partial charge in [-0.15, -0.1) is 0 Å². The summed E-state index contributed by atoms with van der Waals surface area (Å²) in [6.07, 6.45) is 2.00. The third-order valence-corrected chi connectivity index (χ3v) is 5.62. The lowest BCUT2D eigenvalue weighted by Crippen LogP contribution is -2.34. The van der Waals surface area contributed by atoms with E-state index in [1.165, 1.54) is 0 Å². The summed E-state index contributed by atoms with van der Waals surface area (Å²) in [7, 11) is 1.55. The Labute approximate surface area is 187 Å². The molecule has 1 amide bonds. The number of hydrogen-bond acceptors (Lipinski definition) is 5. The lowest BCUT2D eigenvalue weighted by Gasteiger charge is -2.11. The van der Waals surface area contributed by atoms with Crippen LogP contribution < -0.4 is 15.6 Å². The first kappa shape index (κ1) is 20.9. The van der Waals surface area contributed by atoms with Crippen molar-refractivity contribution in [1.29, 1.82) is 0 Å². The van der Waals surface area contributed by atoms with Crippen molar-refractivity contribution in [2.24, 2.45) is 4.99 Å². The number of fused-ring (bicyclic) bond motifs is 1. The van der Waals surface area contributed by atoms with Gasteiger partial charge in [-0.2, -0.15) is 0 Å². The molecular weight excluding hydrogens is 472 g/mol. The summed E-state index contributed by atoms with van der Waals surface area (Å²) in [6.45, 7) is 1.18. The van der Waals surface area contributed by atoms with E-state index in [0.29, 0.717) is 34.2 Å². The molecule has 1 aliphatic heterocycles. The van der Waals surface area contributed by atoms with Gasteiger partial charge < -0.3 is 19.2 Å². The van der Waals surface area contributed by atoms with Crippen LogP contribution in [0, 0.1) is 0 Å². The average Bonchev–Trinajstić information content (AvgIpc) is 3.25. The number of benzene rings is 2. The highest BCUT2D eigenvalue weighted by Gasteiger charge is 2.18. The highest BCUT2D eigenvalue weighted by atomic mass is 79.9. The number of methoxy groups -OCH3 is 1. The van der Waals surface area contributed by atoms with Crippen molar-refractivity contribution in [2.45, 2.75) is 18.9 Å². The third kappa shape index (κ3) is 4.69. The SMILES string of the molecule is COc1ccc(N=c2oc3ccc(Br)cc3cc2C(=O)NC[C@H]2CCCO2)cc1Cl. The van der Waals surface area contributed by atoms with Crippen LogP contribution in [-0.2, 0) is 4.74 Å². The zero-order valence-corrected chi connectivity index (χ0v) is 18.6. The molecule has 2 aromatic carbocycles. The van der Waals surface area contributed by atoms with Gasteiger partial charge in [0.1, 0.15) is 16.9 Å². The Hall–Kier alpha value is -2.35. The highest BCUT2D eigenvalue weighted by Crippen LogP contribution is 2.28. The number of carbonyl (C=O) groups is 1. The van der Waals surface area contributed by atoms with E-state index < -0.39 is 0 Å². The first-order valence-corrected chi connectivity index (χ1v) is 10.7. The third-order valence-electron chi connectivity index (χ3n) is 4.83. The molecule has 0 bridgehead atoms. The van der Waals surface area contributed by atoms with Gasteiger partial charge in [0, 0.05) is 23.0 Å². The molecule has 1 fully saturated rings. The van der Waals surface area contributed by atoms with E-state index in [1.807, 2.05) is 18.2 Å². The fourth-order valence-electron chi connectivity index (χ4n) is 3.30. The van der Waals surface area contributed by atoms with Crippen LogP contribution in [0.15, 0.2) is 56.3 Å². The minimum absolute atomic E-state index is 0.0428. The second-order valence-electron chi connectivity index (χ2n) is 6.92. The van der Waals surface area contributed by atoms with Crippen LogP contribution in [0.2, 0.25) is 5.02 Å². The number of rotatable bonds is 5. The maximum Gasteiger partial charge on any atom is 0.256 e. The van der Waals surface area contributed by atoms with E-state index in [1.54, 1.807) is 31.4 Å². The first-order valence-electron chi connectivity index (χ1n) is 9.55. The van der Waals surface area contributed by atoms with Crippen molar-refractivity contribution in [1.82, 2.24) is 5.32 Å². The van der Waals surface area contributed by atoms with Crippen molar-refractivity contribution < 1.29 is 18.7 Å². The van der Waals surface area contributed by atoms with Gasteiger partial charge in [0.2, 0.25) is 5.55 Å². The zero-order chi connectivity index (χ0) is 21.1. The van der Waals surface area contributed by atoms with E-state index in [0.717, 1.165) is 29.3 Å². The summed E-state index contributed by atoms with van der Waals surface area (Å²) < 4.78 is 17.7. The Kier molecular flexibility index (Phi) is 6.41. The maximum atomic E-state index is 13.0. The van der Waals surface area contributed by atoms with Gasteiger partial charge in [0.25, 0.3) is 5.91 Å². The minimum Gasteiger partial charge on any atom is -0.495 e.